The van der Waals surface area contributed by atoms with E-state index in [0.29, 0.717) is 19.6 Å². The van der Waals surface area contributed by atoms with Crippen LogP contribution in [0.25, 0.3) is 28.1 Å². The molecular weight excluding hydrogens is 502 g/mol. The molecule has 0 bridgehead atoms. The molecule has 1 fully saturated rings. The third kappa shape index (κ3) is 6.14. The van der Waals surface area contributed by atoms with E-state index >= 15 is 0 Å². The van der Waals surface area contributed by atoms with Crippen LogP contribution in [0, 0.1) is 0 Å². The van der Waals surface area contributed by atoms with Gasteiger partial charge < -0.3 is 19.7 Å². The molecule has 8 nitrogen and oxygen atoms in total. The topological polar surface area (TPSA) is 81.5 Å². The van der Waals surface area contributed by atoms with Gasteiger partial charge in [0, 0.05) is 81.0 Å². The molecule has 1 saturated heterocycles. The number of fused-ring (bicyclic) bond motifs is 1. The summed E-state index contributed by atoms with van der Waals surface area (Å²) in [5, 5.41) is 8.34. The maximum absolute atomic E-state index is 12.2. The van der Waals surface area contributed by atoms with Gasteiger partial charge in [-0.05, 0) is 60.4 Å². The number of hydrogen-bond donors (Lipinski definition) is 1. The van der Waals surface area contributed by atoms with Crippen molar-refractivity contribution in [3.05, 3.63) is 84.3 Å². The first-order chi connectivity index (χ1) is 19.7. The van der Waals surface area contributed by atoms with Gasteiger partial charge in [-0.15, -0.1) is 0 Å². The van der Waals surface area contributed by atoms with Crippen molar-refractivity contribution in [2.75, 3.05) is 52.5 Å². The lowest BCUT2D eigenvalue weighted by Gasteiger charge is -2.26. The number of nitrogens with zero attached hydrogens (tertiary/aromatic N) is 4. The van der Waals surface area contributed by atoms with E-state index in [4.69, 9.17) is 14.6 Å². The first-order valence-electron chi connectivity index (χ1n) is 14.2. The molecule has 3 heterocycles. The van der Waals surface area contributed by atoms with Crippen molar-refractivity contribution in [3.8, 4) is 33.8 Å². The number of hydrogen-bond acceptors (Lipinski definition) is 7. The van der Waals surface area contributed by atoms with Crippen molar-refractivity contribution in [1.29, 1.82) is 0 Å². The summed E-state index contributed by atoms with van der Waals surface area (Å²) >= 11 is 0. The zero-order valence-corrected chi connectivity index (χ0v) is 22.7. The van der Waals surface area contributed by atoms with Gasteiger partial charge in [0.25, 0.3) is 0 Å². The van der Waals surface area contributed by atoms with Crippen LogP contribution in [-0.2, 0) is 11.2 Å². The Morgan fingerprint density at radius 2 is 1.68 bits per heavy atom. The van der Waals surface area contributed by atoms with E-state index in [1.807, 2.05) is 53.2 Å². The van der Waals surface area contributed by atoms with Crippen molar-refractivity contribution >= 4 is 5.78 Å². The summed E-state index contributed by atoms with van der Waals surface area (Å²) in [6.07, 6.45) is 8.05. The van der Waals surface area contributed by atoms with Crippen LogP contribution in [0.2, 0.25) is 0 Å². The van der Waals surface area contributed by atoms with Gasteiger partial charge in [-0.1, -0.05) is 18.2 Å². The summed E-state index contributed by atoms with van der Waals surface area (Å²) in [7, 11) is 0. The zero-order valence-electron chi connectivity index (χ0n) is 22.7. The Balaban J connectivity index is 1.09. The Bertz CT molecular complexity index is 1430. The fourth-order valence-electron chi connectivity index (χ4n) is 5.40. The highest BCUT2D eigenvalue weighted by atomic mass is 16.5. The van der Waals surface area contributed by atoms with Gasteiger partial charge in [0.2, 0.25) is 0 Å². The van der Waals surface area contributed by atoms with Crippen molar-refractivity contribution in [2.45, 2.75) is 19.3 Å². The molecule has 1 aliphatic carbocycles. The molecule has 0 unspecified atom stereocenters. The highest BCUT2D eigenvalue weighted by Gasteiger charge is 2.21. The van der Waals surface area contributed by atoms with E-state index in [1.54, 1.807) is 12.4 Å². The molecule has 0 atom stereocenters. The van der Waals surface area contributed by atoms with Crippen LogP contribution in [0.1, 0.15) is 28.8 Å². The number of nitrogens with one attached hydrogen (secondary N) is 1. The third-order valence-electron chi connectivity index (χ3n) is 7.58. The van der Waals surface area contributed by atoms with Crippen LogP contribution < -0.4 is 10.1 Å². The maximum Gasteiger partial charge on any atom is 0.163 e. The van der Waals surface area contributed by atoms with Gasteiger partial charge in [0.15, 0.2) is 5.78 Å². The minimum absolute atomic E-state index is 0.228. The predicted octanol–water partition coefficient (Wildman–Crippen LogP) is 4.42. The quantitative estimate of drug-likeness (QED) is 0.284. The van der Waals surface area contributed by atoms with Crippen molar-refractivity contribution in [3.63, 3.8) is 0 Å². The molecule has 0 radical (unpaired) electrons. The number of benzene rings is 2. The van der Waals surface area contributed by atoms with E-state index in [9.17, 15) is 4.79 Å². The van der Waals surface area contributed by atoms with E-state index in [1.165, 1.54) is 0 Å². The number of carbonyl (C=O) groups is 1. The lowest BCUT2D eigenvalue weighted by molar-refractivity contribution is 0.0903. The summed E-state index contributed by atoms with van der Waals surface area (Å²) in [4.78, 5) is 18.8. The normalized spacial score (nSPS) is 15.3. The zero-order chi connectivity index (χ0) is 27.1. The summed E-state index contributed by atoms with van der Waals surface area (Å²) < 4.78 is 13.6. The first-order valence-corrected chi connectivity index (χ1v) is 14.2. The molecule has 6 rings (SSSR count). The van der Waals surface area contributed by atoms with Gasteiger partial charge in [0.1, 0.15) is 18.1 Å². The van der Waals surface area contributed by atoms with E-state index < -0.39 is 0 Å². The minimum Gasteiger partial charge on any atom is -0.491 e. The number of ether oxygens (including phenoxy) is 2. The average molecular weight is 538 g/mol. The lowest BCUT2D eigenvalue weighted by Crippen LogP contribution is -2.43. The summed E-state index contributed by atoms with van der Waals surface area (Å²) in [5.74, 6) is 1.03. The minimum atomic E-state index is 0.228. The number of aryl methyl sites for hydroxylation is 1. The molecule has 40 heavy (non-hydrogen) atoms. The van der Waals surface area contributed by atoms with Crippen LogP contribution in [-0.4, -0.2) is 78.0 Å². The molecule has 1 N–H and O–H groups in total. The molecule has 206 valence electrons. The molecular formula is C32H35N5O3. The van der Waals surface area contributed by atoms with Crippen molar-refractivity contribution in [1.82, 2.24) is 25.0 Å². The first kappa shape index (κ1) is 26.4. The Morgan fingerprint density at radius 1 is 0.850 bits per heavy atom. The highest BCUT2D eigenvalue weighted by molar-refractivity contribution is 6.01. The molecule has 4 aromatic rings. The fourth-order valence-corrected chi connectivity index (χ4v) is 5.40. The second-order valence-corrected chi connectivity index (χ2v) is 10.3. The Labute approximate surface area is 234 Å². The summed E-state index contributed by atoms with van der Waals surface area (Å²) in [6, 6.07) is 18.0. The number of rotatable bonds is 11. The SMILES string of the molecule is O=C1CCc2cc(-c3cn(-c4ccc(OCCOCCCN5CCNCC5)cc4)nc3-c3ccncc3)ccc21. The van der Waals surface area contributed by atoms with Gasteiger partial charge in [-0.3, -0.25) is 9.78 Å². The molecule has 0 amide bonds. The maximum atomic E-state index is 12.2. The van der Waals surface area contributed by atoms with E-state index in [2.05, 4.69) is 27.5 Å². The van der Waals surface area contributed by atoms with Crippen LogP contribution in [0.4, 0.5) is 0 Å². The number of piperazine rings is 1. The predicted molar refractivity (Wildman–Crippen MR) is 155 cm³/mol. The summed E-state index contributed by atoms with van der Waals surface area (Å²) in [5.41, 5.74) is 6.84. The molecule has 0 spiro atoms. The molecule has 8 heteroatoms. The fraction of sp³-hybridized carbons (Fsp3) is 0.344. The van der Waals surface area contributed by atoms with Crippen LogP contribution in [0.3, 0.4) is 0 Å². The highest BCUT2D eigenvalue weighted by Crippen LogP contribution is 2.35. The van der Waals surface area contributed by atoms with Crippen LogP contribution in [0.15, 0.2) is 73.2 Å². The van der Waals surface area contributed by atoms with Gasteiger partial charge in [-0.25, -0.2) is 4.68 Å². The van der Waals surface area contributed by atoms with Gasteiger partial charge in [0.05, 0.1) is 12.3 Å². The molecule has 1 aliphatic heterocycles. The molecule has 2 aliphatic rings. The third-order valence-corrected chi connectivity index (χ3v) is 7.58. The van der Waals surface area contributed by atoms with E-state index in [0.717, 1.165) is 97.1 Å². The number of carbonyl (C=O) groups excluding carboxylic acids is 1. The summed E-state index contributed by atoms with van der Waals surface area (Å²) in [6.45, 7) is 7.36. The van der Waals surface area contributed by atoms with E-state index in [-0.39, 0.29) is 5.78 Å². The van der Waals surface area contributed by atoms with Crippen LogP contribution >= 0.6 is 0 Å². The average Bonchev–Trinajstić information content (AvgIpc) is 3.62. The second kappa shape index (κ2) is 12.6. The standard InChI is InChI=1S/C32H35N5O3/c38-31-9-3-25-22-26(2-8-29(25)31)30-23-37(35-32(30)24-10-12-33-13-11-24)27-4-6-28(7-5-27)40-21-20-39-19-1-16-36-17-14-34-15-18-36/h2,4-8,10-13,22-23,34H,1,3,9,14-21H2. The van der Waals surface area contributed by atoms with Crippen LogP contribution in [0.5, 0.6) is 5.75 Å². The van der Waals surface area contributed by atoms with Gasteiger partial charge >= 0.3 is 0 Å². The lowest BCUT2D eigenvalue weighted by atomic mass is 9.98. The Morgan fingerprint density at radius 3 is 2.50 bits per heavy atom. The van der Waals surface area contributed by atoms with Crippen molar-refractivity contribution < 1.29 is 14.3 Å². The smallest absolute Gasteiger partial charge is 0.163 e. The second-order valence-electron chi connectivity index (χ2n) is 10.3. The molecule has 2 aromatic heterocycles. The Kier molecular flexibility index (Phi) is 8.28. The Hall–Kier alpha value is -3.85. The number of Topliss-reactive ketones (excluding diaryl/α,β-unsaturated/α-hetero) is 1. The number of pyridine rings is 1. The number of aromatic nitrogens is 3. The largest absolute Gasteiger partial charge is 0.491 e. The van der Waals surface area contributed by atoms with Gasteiger partial charge in [-0.2, -0.15) is 5.10 Å². The number of ketones is 1. The molecule has 0 saturated carbocycles. The monoisotopic (exact) mass is 537 g/mol. The van der Waals surface area contributed by atoms with Crippen molar-refractivity contribution in [2.24, 2.45) is 0 Å². The molecule has 2 aromatic carbocycles.